The van der Waals surface area contributed by atoms with Crippen LogP contribution in [0.3, 0.4) is 0 Å². The molecule has 0 rings (SSSR count). The minimum absolute atomic E-state index is 0.462. The predicted molar refractivity (Wildman–Crippen MR) is 38.6 cm³/mol. The number of hydrogen-bond donors (Lipinski definition) is 2. The summed E-state index contributed by atoms with van der Waals surface area (Å²) in [6.45, 7) is 2.08. The molecule has 0 aliphatic carbocycles. The first-order valence-electron chi connectivity index (χ1n) is 3.42. The van der Waals surface area contributed by atoms with E-state index in [9.17, 15) is 4.79 Å². The quantitative estimate of drug-likeness (QED) is 0.269. The Morgan fingerprint density at radius 2 is 2.40 bits per heavy atom. The molecule has 1 amide bonds. The van der Waals surface area contributed by atoms with Gasteiger partial charge in [0.25, 0.3) is 5.91 Å². The van der Waals surface area contributed by atoms with Crippen molar-refractivity contribution in [1.29, 1.82) is 0 Å². The van der Waals surface area contributed by atoms with E-state index in [2.05, 4.69) is 6.92 Å². The van der Waals surface area contributed by atoms with E-state index < -0.39 is 5.91 Å². The lowest BCUT2D eigenvalue weighted by Gasteiger charge is -1.88. The number of hydrogen-bond acceptors (Lipinski definition) is 2. The van der Waals surface area contributed by atoms with Crippen LogP contribution in [0.1, 0.15) is 26.2 Å². The van der Waals surface area contributed by atoms with E-state index in [4.69, 9.17) is 5.21 Å². The Morgan fingerprint density at radius 1 is 1.70 bits per heavy atom. The van der Waals surface area contributed by atoms with Gasteiger partial charge in [-0.25, -0.2) is 5.48 Å². The summed E-state index contributed by atoms with van der Waals surface area (Å²) in [6.07, 6.45) is 6.16. The molecule has 0 saturated carbocycles. The molecule has 0 unspecified atom stereocenters. The van der Waals surface area contributed by atoms with Crippen LogP contribution in [-0.2, 0) is 4.79 Å². The van der Waals surface area contributed by atoms with E-state index >= 15 is 0 Å². The van der Waals surface area contributed by atoms with Crippen LogP contribution in [0.4, 0.5) is 0 Å². The second kappa shape index (κ2) is 6.29. The summed E-state index contributed by atoms with van der Waals surface area (Å²) in [6, 6.07) is 0. The van der Waals surface area contributed by atoms with Crippen molar-refractivity contribution in [2.75, 3.05) is 0 Å². The van der Waals surface area contributed by atoms with Gasteiger partial charge in [-0.05, 0) is 6.42 Å². The molecule has 0 bridgehead atoms. The second-order valence-corrected chi connectivity index (χ2v) is 2.02. The zero-order valence-electron chi connectivity index (χ0n) is 6.13. The Kier molecular flexibility index (Phi) is 5.77. The maximum Gasteiger partial charge on any atom is 0.267 e. The van der Waals surface area contributed by atoms with Gasteiger partial charge < -0.3 is 0 Å². The van der Waals surface area contributed by atoms with Crippen LogP contribution in [0.25, 0.3) is 0 Å². The molecule has 0 aromatic heterocycles. The second-order valence-electron chi connectivity index (χ2n) is 2.02. The van der Waals surface area contributed by atoms with Crippen molar-refractivity contribution in [3.63, 3.8) is 0 Å². The van der Waals surface area contributed by atoms with E-state index in [0.29, 0.717) is 0 Å². The number of carbonyl (C=O) groups is 1. The predicted octanol–water partition coefficient (Wildman–Crippen LogP) is 1.24. The largest absolute Gasteiger partial charge is 0.288 e. The van der Waals surface area contributed by atoms with Crippen molar-refractivity contribution < 1.29 is 10.0 Å². The maximum atomic E-state index is 10.3. The highest BCUT2D eigenvalue weighted by Crippen LogP contribution is 1.93. The van der Waals surface area contributed by atoms with Gasteiger partial charge in [0.05, 0.1) is 0 Å². The molecule has 0 saturated heterocycles. The number of unbranched alkanes of at least 4 members (excludes halogenated alkanes) is 2. The van der Waals surface area contributed by atoms with Gasteiger partial charge in [0.15, 0.2) is 0 Å². The molecule has 0 spiro atoms. The molecule has 0 atom stereocenters. The van der Waals surface area contributed by atoms with E-state index in [1.54, 1.807) is 6.08 Å². The summed E-state index contributed by atoms with van der Waals surface area (Å²) in [5, 5.41) is 8.04. The van der Waals surface area contributed by atoms with Gasteiger partial charge >= 0.3 is 0 Å². The normalized spacial score (nSPS) is 10.2. The highest BCUT2D eigenvalue weighted by Gasteiger charge is 1.86. The maximum absolute atomic E-state index is 10.3. The Balaban J connectivity index is 3.27. The van der Waals surface area contributed by atoms with Crippen LogP contribution in [0.2, 0.25) is 0 Å². The number of carbonyl (C=O) groups excluding carboxylic acids is 1. The molecule has 3 heteroatoms. The van der Waals surface area contributed by atoms with Crippen LogP contribution in [0.5, 0.6) is 0 Å². The summed E-state index contributed by atoms with van der Waals surface area (Å²) in [5.41, 5.74) is 1.52. The van der Waals surface area contributed by atoms with Crippen LogP contribution in [0.15, 0.2) is 12.2 Å². The highest BCUT2D eigenvalue weighted by molar-refractivity contribution is 5.86. The van der Waals surface area contributed by atoms with Crippen LogP contribution in [0, 0.1) is 0 Å². The molecule has 0 aliphatic rings. The number of hydroxylamine groups is 1. The Labute approximate surface area is 60.7 Å². The van der Waals surface area contributed by atoms with Gasteiger partial charge in [-0.1, -0.05) is 25.8 Å². The number of allylic oxidation sites excluding steroid dienone is 1. The van der Waals surface area contributed by atoms with Gasteiger partial charge in [-0.2, -0.15) is 0 Å². The Hall–Kier alpha value is -0.830. The molecule has 0 heterocycles. The van der Waals surface area contributed by atoms with Gasteiger partial charge in [-0.15, -0.1) is 0 Å². The summed E-state index contributed by atoms with van der Waals surface area (Å²) in [4.78, 5) is 10.3. The monoisotopic (exact) mass is 143 g/mol. The number of amides is 1. The summed E-state index contributed by atoms with van der Waals surface area (Å²) in [7, 11) is 0. The molecule has 0 aromatic rings. The Morgan fingerprint density at radius 3 is 2.90 bits per heavy atom. The highest BCUT2D eigenvalue weighted by atomic mass is 16.5. The molecule has 10 heavy (non-hydrogen) atoms. The minimum atomic E-state index is -0.462. The lowest BCUT2D eigenvalue weighted by molar-refractivity contribution is -0.124. The van der Waals surface area contributed by atoms with E-state index in [1.165, 1.54) is 11.6 Å². The van der Waals surface area contributed by atoms with Crippen LogP contribution < -0.4 is 5.48 Å². The first-order chi connectivity index (χ1) is 4.81. The zero-order valence-corrected chi connectivity index (χ0v) is 6.13. The molecule has 58 valence electrons. The van der Waals surface area contributed by atoms with Crippen molar-refractivity contribution in [3.05, 3.63) is 12.2 Å². The van der Waals surface area contributed by atoms with Crippen molar-refractivity contribution in [2.24, 2.45) is 0 Å². The van der Waals surface area contributed by atoms with Gasteiger partial charge in [0, 0.05) is 6.08 Å². The van der Waals surface area contributed by atoms with Gasteiger partial charge in [0.2, 0.25) is 0 Å². The fourth-order valence-corrected chi connectivity index (χ4v) is 0.550. The molecule has 0 aromatic carbocycles. The lowest BCUT2D eigenvalue weighted by atomic mass is 10.2. The summed E-state index contributed by atoms with van der Waals surface area (Å²) >= 11 is 0. The fourth-order valence-electron chi connectivity index (χ4n) is 0.550. The lowest BCUT2D eigenvalue weighted by Crippen LogP contribution is -2.14. The molecular weight excluding hydrogens is 130 g/mol. The minimum Gasteiger partial charge on any atom is -0.288 e. The van der Waals surface area contributed by atoms with E-state index in [0.717, 1.165) is 19.3 Å². The van der Waals surface area contributed by atoms with Crippen molar-refractivity contribution in [1.82, 2.24) is 5.48 Å². The number of rotatable bonds is 4. The zero-order chi connectivity index (χ0) is 7.82. The average molecular weight is 143 g/mol. The first kappa shape index (κ1) is 9.17. The SMILES string of the molecule is CCCC/C=C/C(=O)NO. The topological polar surface area (TPSA) is 49.3 Å². The third kappa shape index (κ3) is 5.31. The van der Waals surface area contributed by atoms with Crippen molar-refractivity contribution >= 4 is 5.91 Å². The Bertz CT molecular complexity index is 121. The standard InChI is InChI=1S/C7H13NO2/c1-2-3-4-5-6-7(9)8-10/h5-6,10H,2-4H2,1H3,(H,8,9)/b6-5+. The third-order valence-corrected chi connectivity index (χ3v) is 1.10. The smallest absolute Gasteiger partial charge is 0.267 e. The molecule has 0 aliphatic heterocycles. The van der Waals surface area contributed by atoms with Crippen LogP contribution >= 0.6 is 0 Å². The molecule has 3 nitrogen and oxygen atoms in total. The summed E-state index contributed by atoms with van der Waals surface area (Å²) in [5.74, 6) is -0.462. The van der Waals surface area contributed by atoms with Crippen molar-refractivity contribution in [3.8, 4) is 0 Å². The summed E-state index contributed by atoms with van der Waals surface area (Å²) < 4.78 is 0. The van der Waals surface area contributed by atoms with Crippen molar-refractivity contribution in [2.45, 2.75) is 26.2 Å². The molecule has 0 fully saturated rings. The first-order valence-corrected chi connectivity index (χ1v) is 3.42. The van der Waals surface area contributed by atoms with Crippen LogP contribution in [-0.4, -0.2) is 11.1 Å². The van der Waals surface area contributed by atoms with Gasteiger partial charge in [-0.3, -0.25) is 10.0 Å². The molecule has 2 N–H and O–H groups in total. The fraction of sp³-hybridized carbons (Fsp3) is 0.571. The molecular formula is C7H13NO2. The number of nitrogens with one attached hydrogen (secondary N) is 1. The van der Waals surface area contributed by atoms with Gasteiger partial charge in [0.1, 0.15) is 0 Å². The van der Waals surface area contributed by atoms with E-state index in [-0.39, 0.29) is 0 Å². The average Bonchev–Trinajstić information content (AvgIpc) is 1.98. The van der Waals surface area contributed by atoms with E-state index in [1.807, 2.05) is 0 Å². The molecule has 0 radical (unpaired) electrons. The third-order valence-electron chi connectivity index (χ3n) is 1.10.